The summed E-state index contributed by atoms with van der Waals surface area (Å²) in [6.07, 6.45) is 13.2. The Morgan fingerprint density at radius 1 is 0.828 bits per heavy atom. The topological polar surface area (TPSA) is 116 Å². The van der Waals surface area contributed by atoms with Crippen LogP contribution in [0.4, 0.5) is 0 Å². The van der Waals surface area contributed by atoms with Crippen molar-refractivity contribution in [3.63, 3.8) is 0 Å². The van der Waals surface area contributed by atoms with Crippen LogP contribution in [-0.2, 0) is 14.4 Å². The highest BCUT2D eigenvalue weighted by molar-refractivity contribution is 5.75. The lowest BCUT2D eigenvalue weighted by molar-refractivity contribution is -0.137. The molecule has 7 nitrogen and oxygen atoms in total. The van der Waals surface area contributed by atoms with Gasteiger partial charge < -0.3 is 20.8 Å². The van der Waals surface area contributed by atoms with E-state index >= 15 is 0 Å². The van der Waals surface area contributed by atoms with Crippen LogP contribution in [0.2, 0.25) is 0 Å². The Labute approximate surface area is 177 Å². The van der Waals surface area contributed by atoms with E-state index in [1.54, 1.807) is 0 Å². The Morgan fingerprint density at radius 2 is 1.24 bits per heavy atom. The van der Waals surface area contributed by atoms with Crippen LogP contribution in [0.3, 0.4) is 0 Å². The van der Waals surface area contributed by atoms with E-state index in [4.69, 9.17) is 15.0 Å². The number of hydrogen-bond donors (Lipinski definition) is 4. The second-order valence-electron chi connectivity index (χ2n) is 7.90. The third kappa shape index (κ3) is 28.7. The van der Waals surface area contributed by atoms with Crippen molar-refractivity contribution in [2.24, 2.45) is 0 Å². The molecule has 0 radical (unpaired) electrons. The van der Waals surface area contributed by atoms with E-state index in [0.29, 0.717) is 24.9 Å². The number of unbranched alkanes of at least 4 members (excludes halogenated alkanes) is 9. The molecular formula is C22H44N2O5. The lowest BCUT2D eigenvalue weighted by Gasteiger charge is -2.16. The first kappa shape index (κ1) is 29.6. The van der Waals surface area contributed by atoms with Crippen molar-refractivity contribution in [1.82, 2.24) is 10.6 Å². The van der Waals surface area contributed by atoms with Gasteiger partial charge in [0.05, 0.1) is 0 Å². The minimum atomic E-state index is -0.684. The van der Waals surface area contributed by atoms with Gasteiger partial charge in [-0.3, -0.25) is 14.4 Å². The number of rotatable bonds is 18. The minimum Gasteiger partial charge on any atom is -0.483 e. The number of carboxylic acid groups (broad SMARTS) is 2. The molecular weight excluding hydrogens is 372 g/mol. The van der Waals surface area contributed by atoms with Crippen LogP contribution >= 0.6 is 0 Å². The summed E-state index contributed by atoms with van der Waals surface area (Å²) in [5.41, 5.74) is 0. The Morgan fingerprint density at radius 3 is 1.66 bits per heavy atom. The number of carbonyl (C=O) groups is 3. The van der Waals surface area contributed by atoms with Gasteiger partial charge in [-0.2, -0.15) is 0 Å². The molecule has 0 aliphatic rings. The van der Waals surface area contributed by atoms with E-state index in [1.807, 2.05) is 0 Å². The Bertz CT molecular complexity index is 403. The molecule has 1 atom stereocenters. The molecule has 29 heavy (non-hydrogen) atoms. The first-order chi connectivity index (χ1) is 13.8. The summed E-state index contributed by atoms with van der Waals surface area (Å²) in [6.45, 7) is 6.93. The SMILES string of the molecule is CC(C)NC(C)CCNC(=O)CCCCCCCCCCCCC(=O)O.O=CO. The summed E-state index contributed by atoms with van der Waals surface area (Å²) in [6, 6.07) is 0.921. The smallest absolute Gasteiger partial charge is 0.303 e. The number of carboxylic acids is 1. The van der Waals surface area contributed by atoms with Crippen LogP contribution in [0.25, 0.3) is 0 Å². The van der Waals surface area contributed by atoms with Gasteiger partial charge in [0.1, 0.15) is 0 Å². The molecule has 0 heterocycles. The molecule has 172 valence electrons. The molecule has 1 unspecified atom stereocenters. The van der Waals surface area contributed by atoms with E-state index in [1.165, 1.54) is 32.1 Å². The van der Waals surface area contributed by atoms with Crippen molar-refractivity contribution in [3.8, 4) is 0 Å². The molecule has 0 spiro atoms. The van der Waals surface area contributed by atoms with Crippen molar-refractivity contribution in [1.29, 1.82) is 0 Å². The Hall–Kier alpha value is -1.63. The normalized spacial score (nSPS) is 11.4. The van der Waals surface area contributed by atoms with Gasteiger partial charge >= 0.3 is 5.97 Å². The van der Waals surface area contributed by atoms with Gasteiger partial charge in [0.2, 0.25) is 5.91 Å². The third-order valence-electron chi connectivity index (χ3n) is 4.56. The summed E-state index contributed by atoms with van der Waals surface area (Å²) >= 11 is 0. The number of aliphatic carboxylic acids is 1. The molecule has 1 amide bonds. The van der Waals surface area contributed by atoms with E-state index in [-0.39, 0.29) is 12.4 Å². The average Bonchev–Trinajstić information content (AvgIpc) is 2.62. The summed E-state index contributed by atoms with van der Waals surface area (Å²) < 4.78 is 0. The van der Waals surface area contributed by atoms with Gasteiger partial charge in [0.25, 0.3) is 6.47 Å². The first-order valence-corrected chi connectivity index (χ1v) is 11.2. The minimum absolute atomic E-state index is 0.183. The molecule has 0 aromatic heterocycles. The molecule has 0 saturated carbocycles. The molecule has 0 aliphatic carbocycles. The first-order valence-electron chi connectivity index (χ1n) is 11.2. The van der Waals surface area contributed by atoms with Crippen LogP contribution in [0, 0.1) is 0 Å². The summed E-state index contributed by atoms with van der Waals surface area (Å²) in [7, 11) is 0. The van der Waals surface area contributed by atoms with Crippen LogP contribution in [0.1, 0.15) is 104 Å². The predicted molar refractivity (Wildman–Crippen MR) is 117 cm³/mol. The lowest BCUT2D eigenvalue weighted by atomic mass is 10.1. The standard InChI is InChI=1S/C21H42N2O3.CH2O2/c1-18(2)23-19(3)16-17-22-20(24)14-12-10-8-6-4-5-7-9-11-13-15-21(25)26;2-1-3/h18-19,23H,4-17H2,1-3H3,(H,22,24)(H,25,26);1H,(H,2,3). The predicted octanol–water partition coefficient (Wildman–Crippen LogP) is 4.35. The number of amides is 1. The number of carbonyl (C=O) groups excluding carboxylic acids is 1. The highest BCUT2D eigenvalue weighted by Gasteiger charge is 2.05. The highest BCUT2D eigenvalue weighted by Crippen LogP contribution is 2.12. The molecule has 0 aromatic carbocycles. The van der Waals surface area contributed by atoms with Crippen LogP contribution in [0.15, 0.2) is 0 Å². The van der Waals surface area contributed by atoms with Crippen molar-refractivity contribution in [3.05, 3.63) is 0 Å². The van der Waals surface area contributed by atoms with Gasteiger partial charge in [0, 0.05) is 31.5 Å². The molecule has 0 aromatic rings. The molecule has 0 fully saturated rings. The maximum atomic E-state index is 11.8. The highest BCUT2D eigenvalue weighted by atomic mass is 16.4. The monoisotopic (exact) mass is 416 g/mol. The van der Waals surface area contributed by atoms with Crippen molar-refractivity contribution < 1.29 is 24.6 Å². The fourth-order valence-corrected chi connectivity index (χ4v) is 3.14. The maximum absolute atomic E-state index is 11.8. The van der Waals surface area contributed by atoms with Gasteiger partial charge in [0.15, 0.2) is 0 Å². The van der Waals surface area contributed by atoms with E-state index in [0.717, 1.165) is 45.1 Å². The van der Waals surface area contributed by atoms with Gasteiger partial charge in [-0.15, -0.1) is 0 Å². The third-order valence-corrected chi connectivity index (χ3v) is 4.56. The molecule has 7 heteroatoms. The fourth-order valence-electron chi connectivity index (χ4n) is 3.14. The zero-order valence-electron chi connectivity index (χ0n) is 18.8. The molecule has 0 saturated heterocycles. The van der Waals surface area contributed by atoms with Crippen LogP contribution < -0.4 is 10.6 Å². The van der Waals surface area contributed by atoms with Crippen molar-refractivity contribution >= 4 is 18.3 Å². The van der Waals surface area contributed by atoms with Gasteiger partial charge in [-0.05, 0) is 26.2 Å². The molecule has 0 bridgehead atoms. The zero-order valence-corrected chi connectivity index (χ0v) is 18.8. The van der Waals surface area contributed by atoms with Gasteiger partial charge in [-0.25, -0.2) is 0 Å². The van der Waals surface area contributed by atoms with Crippen LogP contribution in [0.5, 0.6) is 0 Å². The molecule has 0 rings (SSSR count). The molecule has 4 N–H and O–H groups in total. The Balaban J connectivity index is 0. The number of nitrogens with one attached hydrogen (secondary N) is 2. The quantitative estimate of drug-likeness (QED) is 0.195. The number of hydrogen-bond acceptors (Lipinski definition) is 4. The van der Waals surface area contributed by atoms with Crippen LogP contribution in [-0.4, -0.2) is 47.2 Å². The molecule has 0 aliphatic heterocycles. The Kier molecular flexibility index (Phi) is 23.1. The van der Waals surface area contributed by atoms with E-state index < -0.39 is 5.97 Å². The zero-order chi connectivity index (χ0) is 22.3. The van der Waals surface area contributed by atoms with Crippen molar-refractivity contribution in [2.75, 3.05) is 6.54 Å². The van der Waals surface area contributed by atoms with E-state index in [2.05, 4.69) is 31.4 Å². The summed E-state index contributed by atoms with van der Waals surface area (Å²) in [4.78, 5) is 30.5. The van der Waals surface area contributed by atoms with Crippen molar-refractivity contribution in [2.45, 2.75) is 116 Å². The van der Waals surface area contributed by atoms with Gasteiger partial charge in [-0.1, -0.05) is 65.2 Å². The van der Waals surface area contributed by atoms with E-state index in [9.17, 15) is 9.59 Å². The maximum Gasteiger partial charge on any atom is 0.303 e. The summed E-state index contributed by atoms with van der Waals surface area (Å²) in [5, 5.41) is 21.9. The average molecular weight is 417 g/mol. The second-order valence-corrected chi connectivity index (χ2v) is 7.90. The lowest BCUT2D eigenvalue weighted by Crippen LogP contribution is -2.35. The second kappa shape index (κ2) is 22.7. The fraction of sp³-hybridized carbons (Fsp3) is 0.864. The summed E-state index contributed by atoms with van der Waals surface area (Å²) in [5.74, 6) is -0.500. The largest absolute Gasteiger partial charge is 0.483 e.